The number of likely N-dealkylation sites (tertiary alicyclic amines) is 1. The first-order valence-electron chi connectivity index (χ1n) is 8.43. The van der Waals surface area contributed by atoms with Crippen LogP contribution in [0.5, 0.6) is 5.75 Å². The molecule has 128 valence electrons. The molecule has 1 unspecified atom stereocenters. The maximum atomic E-state index is 11.2. The SMILES string of the molecule is CCNC(CC1CCN(Cc2ccc(OC)cc2)CC1)C(=O)O. The van der Waals surface area contributed by atoms with E-state index in [0.717, 1.165) is 44.6 Å². The molecule has 1 aromatic carbocycles. The van der Waals surface area contributed by atoms with Crippen LogP contribution in [-0.4, -0.2) is 48.8 Å². The van der Waals surface area contributed by atoms with Crippen LogP contribution in [0.15, 0.2) is 24.3 Å². The van der Waals surface area contributed by atoms with Crippen LogP contribution in [-0.2, 0) is 11.3 Å². The maximum Gasteiger partial charge on any atom is 0.320 e. The third-order valence-electron chi connectivity index (χ3n) is 4.59. The highest BCUT2D eigenvalue weighted by molar-refractivity contribution is 5.73. The zero-order valence-corrected chi connectivity index (χ0v) is 14.1. The molecule has 0 bridgehead atoms. The van der Waals surface area contributed by atoms with E-state index in [2.05, 4.69) is 22.3 Å². The Morgan fingerprint density at radius 2 is 2.00 bits per heavy atom. The Kier molecular flexibility index (Phi) is 6.86. The Labute approximate surface area is 138 Å². The van der Waals surface area contributed by atoms with Crippen molar-refractivity contribution < 1.29 is 14.6 Å². The fourth-order valence-corrected chi connectivity index (χ4v) is 3.22. The summed E-state index contributed by atoms with van der Waals surface area (Å²) < 4.78 is 5.18. The Bertz CT molecular complexity index is 482. The normalized spacial score (nSPS) is 17.8. The molecule has 0 radical (unpaired) electrons. The molecule has 5 heteroatoms. The van der Waals surface area contributed by atoms with E-state index >= 15 is 0 Å². The minimum atomic E-state index is -0.729. The Balaban J connectivity index is 1.77. The summed E-state index contributed by atoms with van der Waals surface area (Å²) in [7, 11) is 1.68. The van der Waals surface area contributed by atoms with Gasteiger partial charge in [0.25, 0.3) is 0 Å². The van der Waals surface area contributed by atoms with E-state index in [-0.39, 0.29) is 0 Å². The van der Waals surface area contributed by atoms with Crippen LogP contribution in [0.25, 0.3) is 0 Å². The number of piperidine rings is 1. The molecule has 2 rings (SSSR count). The summed E-state index contributed by atoms with van der Waals surface area (Å²) in [6, 6.07) is 7.80. The van der Waals surface area contributed by atoms with E-state index in [0.29, 0.717) is 12.5 Å². The highest BCUT2D eigenvalue weighted by Gasteiger charge is 2.25. The predicted molar refractivity (Wildman–Crippen MR) is 90.7 cm³/mol. The van der Waals surface area contributed by atoms with Gasteiger partial charge in [-0.1, -0.05) is 19.1 Å². The van der Waals surface area contributed by atoms with Crippen molar-refractivity contribution in [3.63, 3.8) is 0 Å². The van der Waals surface area contributed by atoms with Gasteiger partial charge in [0.1, 0.15) is 11.8 Å². The molecule has 1 aliphatic heterocycles. The predicted octanol–water partition coefficient (Wildman–Crippen LogP) is 2.36. The summed E-state index contributed by atoms with van der Waals surface area (Å²) in [5, 5.41) is 12.3. The van der Waals surface area contributed by atoms with Crippen LogP contribution in [0.4, 0.5) is 0 Å². The van der Waals surface area contributed by atoms with Crippen LogP contribution >= 0.6 is 0 Å². The summed E-state index contributed by atoms with van der Waals surface area (Å²) in [5.74, 6) is 0.658. The van der Waals surface area contributed by atoms with Gasteiger partial charge in [0.15, 0.2) is 0 Å². The number of carboxylic acid groups (broad SMARTS) is 1. The molecule has 0 amide bonds. The van der Waals surface area contributed by atoms with Crippen molar-refractivity contribution in [2.45, 2.75) is 38.8 Å². The first-order chi connectivity index (χ1) is 11.1. The molecule has 5 nitrogen and oxygen atoms in total. The topological polar surface area (TPSA) is 61.8 Å². The lowest BCUT2D eigenvalue weighted by atomic mass is 9.90. The lowest BCUT2D eigenvalue weighted by Crippen LogP contribution is -2.41. The number of methoxy groups -OCH3 is 1. The van der Waals surface area contributed by atoms with Gasteiger partial charge in [-0.15, -0.1) is 0 Å². The van der Waals surface area contributed by atoms with E-state index in [1.807, 2.05) is 19.1 Å². The first kappa shape index (κ1) is 17.8. The number of carbonyl (C=O) groups is 1. The average molecular weight is 320 g/mol. The average Bonchev–Trinajstić information content (AvgIpc) is 2.57. The molecule has 23 heavy (non-hydrogen) atoms. The molecular formula is C18H28N2O3. The minimum absolute atomic E-state index is 0.405. The number of aliphatic carboxylic acids is 1. The molecule has 2 N–H and O–H groups in total. The molecule has 1 fully saturated rings. The molecule has 1 heterocycles. The van der Waals surface area contributed by atoms with Crippen LogP contribution in [0.2, 0.25) is 0 Å². The molecule has 1 aromatic rings. The number of nitrogens with one attached hydrogen (secondary N) is 1. The zero-order chi connectivity index (χ0) is 16.7. The quantitative estimate of drug-likeness (QED) is 0.770. The monoisotopic (exact) mass is 320 g/mol. The van der Waals surface area contributed by atoms with Crippen molar-refractivity contribution in [2.24, 2.45) is 5.92 Å². The third-order valence-corrected chi connectivity index (χ3v) is 4.59. The van der Waals surface area contributed by atoms with Gasteiger partial charge in [-0.3, -0.25) is 9.69 Å². The van der Waals surface area contributed by atoms with E-state index in [9.17, 15) is 9.90 Å². The van der Waals surface area contributed by atoms with Crippen molar-refractivity contribution in [1.82, 2.24) is 10.2 Å². The number of ether oxygens (including phenoxy) is 1. The number of hydrogen-bond acceptors (Lipinski definition) is 4. The fraction of sp³-hybridized carbons (Fsp3) is 0.611. The lowest BCUT2D eigenvalue weighted by molar-refractivity contribution is -0.140. The number of nitrogens with zero attached hydrogens (tertiary/aromatic N) is 1. The number of hydrogen-bond donors (Lipinski definition) is 2. The molecule has 0 aromatic heterocycles. The molecule has 1 atom stereocenters. The summed E-state index contributed by atoms with van der Waals surface area (Å²) in [6.45, 7) is 5.68. The molecule has 1 aliphatic rings. The van der Waals surface area contributed by atoms with E-state index in [1.165, 1.54) is 5.56 Å². The van der Waals surface area contributed by atoms with Crippen molar-refractivity contribution >= 4 is 5.97 Å². The number of likely N-dealkylation sites (N-methyl/N-ethyl adjacent to an activating group) is 1. The lowest BCUT2D eigenvalue weighted by Gasteiger charge is -2.33. The van der Waals surface area contributed by atoms with Crippen LogP contribution in [0.3, 0.4) is 0 Å². The second kappa shape index (κ2) is 8.89. The highest BCUT2D eigenvalue weighted by atomic mass is 16.5. The number of rotatable bonds is 8. The summed E-state index contributed by atoms with van der Waals surface area (Å²) in [6.07, 6.45) is 2.89. The standard InChI is InChI=1S/C18H28N2O3/c1-3-19-17(18(21)22)12-14-8-10-20(11-9-14)13-15-4-6-16(23-2)7-5-15/h4-7,14,17,19H,3,8-13H2,1-2H3,(H,21,22). The Morgan fingerprint density at radius 1 is 1.35 bits per heavy atom. The number of benzene rings is 1. The highest BCUT2D eigenvalue weighted by Crippen LogP contribution is 2.23. The van der Waals surface area contributed by atoms with Crippen molar-refractivity contribution in [2.75, 3.05) is 26.7 Å². The van der Waals surface area contributed by atoms with Gasteiger partial charge in [0.2, 0.25) is 0 Å². The van der Waals surface area contributed by atoms with Crippen LogP contribution in [0.1, 0.15) is 31.7 Å². The summed E-state index contributed by atoms with van der Waals surface area (Å²) >= 11 is 0. The molecule has 1 saturated heterocycles. The van der Waals surface area contributed by atoms with E-state index < -0.39 is 12.0 Å². The molecular weight excluding hydrogens is 292 g/mol. The maximum absolute atomic E-state index is 11.2. The second-order valence-electron chi connectivity index (χ2n) is 6.25. The van der Waals surface area contributed by atoms with Crippen molar-refractivity contribution in [3.8, 4) is 5.75 Å². The summed E-state index contributed by atoms with van der Waals surface area (Å²) in [4.78, 5) is 13.7. The van der Waals surface area contributed by atoms with Gasteiger partial charge in [-0.2, -0.15) is 0 Å². The largest absolute Gasteiger partial charge is 0.497 e. The van der Waals surface area contributed by atoms with E-state index in [1.54, 1.807) is 7.11 Å². The third kappa shape index (κ3) is 5.52. The van der Waals surface area contributed by atoms with Gasteiger partial charge in [-0.05, 0) is 62.5 Å². The van der Waals surface area contributed by atoms with Crippen molar-refractivity contribution in [1.29, 1.82) is 0 Å². The van der Waals surface area contributed by atoms with E-state index in [4.69, 9.17) is 4.74 Å². The van der Waals surface area contributed by atoms with Crippen LogP contribution < -0.4 is 10.1 Å². The first-order valence-corrected chi connectivity index (χ1v) is 8.43. The van der Waals surface area contributed by atoms with Gasteiger partial charge < -0.3 is 15.2 Å². The minimum Gasteiger partial charge on any atom is -0.497 e. The fourth-order valence-electron chi connectivity index (χ4n) is 3.22. The Morgan fingerprint density at radius 3 is 2.52 bits per heavy atom. The summed E-state index contributed by atoms with van der Waals surface area (Å²) in [5.41, 5.74) is 1.29. The second-order valence-corrected chi connectivity index (χ2v) is 6.25. The van der Waals surface area contributed by atoms with Gasteiger partial charge in [0, 0.05) is 6.54 Å². The zero-order valence-electron chi connectivity index (χ0n) is 14.1. The molecule has 0 aliphatic carbocycles. The van der Waals surface area contributed by atoms with Gasteiger partial charge in [-0.25, -0.2) is 0 Å². The van der Waals surface area contributed by atoms with Crippen molar-refractivity contribution in [3.05, 3.63) is 29.8 Å². The van der Waals surface area contributed by atoms with Crippen LogP contribution in [0, 0.1) is 5.92 Å². The Hall–Kier alpha value is -1.59. The molecule has 0 saturated carbocycles. The van der Waals surface area contributed by atoms with Gasteiger partial charge in [0.05, 0.1) is 7.11 Å². The number of carboxylic acids is 1. The molecule has 0 spiro atoms. The smallest absolute Gasteiger partial charge is 0.320 e. The van der Waals surface area contributed by atoms with Gasteiger partial charge >= 0.3 is 5.97 Å².